The molecule has 0 aromatic rings. The van der Waals surface area contributed by atoms with Crippen LogP contribution in [0.3, 0.4) is 0 Å². The van der Waals surface area contributed by atoms with Crippen LogP contribution in [-0.2, 0) is 0 Å². The number of hydrogen-bond acceptors (Lipinski definition) is 1. The molecule has 1 nitrogen and oxygen atoms in total. The summed E-state index contributed by atoms with van der Waals surface area (Å²) in [5, 5.41) is 2.93. The third kappa shape index (κ3) is 0.526. The summed E-state index contributed by atoms with van der Waals surface area (Å²) in [7, 11) is 0. The Labute approximate surface area is 36.7 Å². The van der Waals surface area contributed by atoms with Gasteiger partial charge in [-0.3, -0.25) is 0 Å². The summed E-state index contributed by atoms with van der Waals surface area (Å²) in [6.45, 7) is 0.896. The van der Waals surface area contributed by atoms with Gasteiger partial charge in [-0.25, -0.2) is 0 Å². The van der Waals surface area contributed by atoms with E-state index in [1.54, 1.807) is 6.20 Å². The minimum absolute atomic E-state index is 0.896. The molecule has 1 rings (SSSR count). The van der Waals surface area contributed by atoms with Crippen LogP contribution in [0.25, 0.3) is 0 Å². The molecule has 0 unspecified atom stereocenters. The highest BCUT2D eigenvalue weighted by molar-refractivity contribution is 4.93. The summed E-state index contributed by atoms with van der Waals surface area (Å²) in [6.07, 6.45) is 3.64. The van der Waals surface area contributed by atoms with Crippen LogP contribution in [0.15, 0.2) is 23.7 Å². The second-order valence-corrected chi connectivity index (χ2v) is 1.05. The van der Waals surface area contributed by atoms with E-state index in [1.165, 1.54) is 0 Å². The Bertz CT molecular complexity index is 107. The van der Waals surface area contributed by atoms with E-state index < -0.39 is 0 Å². The molecule has 1 heterocycles. The molecule has 30 valence electrons. The minimum Gasteiger partial charge on any atom is -0.380 e. The van der Waals surface area contributed by atoms with Crippen molar-refractivity contribution in [3.05, 3.63) is 23.7 Å². The van der Waals surface area contributed by atoms with Gasteiger partial charge < -0.3 is 5.32 Å². The molecule has 0 fully saturated rings. The molecule has 6 heavy (non-hydrogen) atoms. The molecule has 1 N–H and O–H groups in total. The Morgan fingerprint density at radius 2 is 2.50 bits per heavy atom. The Hall–Kier alpha value is -0.900. The predicted octanol–water partition coefficient (Wildman–Crippen LogP) is 0.413. The fraction of sp³-hybridized carbons (Fsp3) is 0.200. The lowest BCUT2D eigenvalue weighted by molar-refractivity contribution is 0.980. The van der Waals surface area contributed by atoms with E-state index in [4.69, 9.17) is 0 Å². The van der Waals surface area contributed by atoms with Gasteiger partial charge in [0, 0.05) is 12.7 Å². The van der Waals surface area contributed by atoms with Gasteiger partial charge in [0.25, 0.3) is 0 Å². The molecule has 0 bridgehead atoms. The van der Waals surface area contributed by atoms with Gasteiger partial charge in [0.2, 0.25) is 0 Å². The van der Waals surface area contributed by atoms with Crippen molar-refractivity contribution in [3.8, 4) is 0 Å². The van der Waals surface area contributed by atoms with Gasteiger partial charge in [0.05, 0.1) is 0 Å². The zero-order valence-electron chi connectivity index (χ0n) is 3.36. The fourth-order valence-corrected chi connectivity index (χ4v) is 0.321. The van der Waals surface area contributed by atoms with Crippen molar-refractivity contribution >= 4 is 0 Å². The summed E-state index contributed by atoms with van der Waals surface area (Å²) >= 11 is 0. The number of rotatable bonds is 0. The van der Waals surface area contributed by atoms with Gasteiger partial charge in [-0.1, -0.05) is 11.5 Å². The zero-order chi connectivity index (χ0) is 4.24. The standard InChI is InChI=1S/C5H5N/c1-2-4-6-5-3-1/h2,5-6H,4H2. The van der Waals surface area contributed by atoms with Crippen molar-refractivity contribution in [1.29, 1.82) is 0 Å². The van der Waals surface area contributed by atoms with Gasteiger partial charge in [-0.2, -0.15) is 0 Å². The van der Waals surface area contributed by atoms with E-state index in [0.717, 1.165) is 6.54 Å². The lowest BCUT2D eigenvalue weighted by Crippen LogP contribution is -2.03. The van der Waals surface area contributed by atoms with Crippen LogP contribution < -0.4 is 5.32 Å². The van der Waals surface area contributed by atoms with E-state index >= 15 is 0 Å². The van der Waals surface area contributed by atoms with E-state index in [1.807, 2.05) is 6.08 Å². The molecule has 0 aromatic carbocycles. The highest BCUT2D eigenvalue weighted by atomic mass is 14.8. The first-order chi connectivity index (χ1) is 3.00. The fourth-order valence-electron chi connectivity index (χ4n) is 0.321. The molecule has 0 saturated heterocycles. The smallest absolute Gasteiger partial charge is 0.0485 e. The third-order valence-electron chi connectivity index (χ3n) is 0.580. The van der Waals surface area contributed by atoms with Gasteiger partial charge >= 0.3 is 0 Å². The second kappa shape index (κ2) is 1.51. The lowest BCUT2D eigenvalue weighted by Gasteiger charge is -1.88. The first-order valence-electron chi connectivity index (χ1n) is 1.88. The zero-order valence-corrected chi connectivity index (χ0v) is 3.36. The monoisotopic (exact) mass is 79.0 g/mol. The first kappa shape index (κ1) is 3.30. The van der Waals surface area contributed by atoms with Crippen molar-refractivity contribution in [2.24, 2.45) is 0 Å². The first-order valence-corrected chi connectivity index (χ1v) is 1.88. The molecule has 0 aliphatic carbocycles. The molecular weight excluding hydrogens is 74.1 g/mol. The maximum Gasteiger partial charge on any atom is 0.0485 e. The lowest BCUT2D eigenvalue weighted by atomic mass is 10.5. The van der Waals surface area contributed by atoms with Crippen LogP contribution in [0.1, 0.15) is 0 Å². The van der Waals surface area contributed by atoms with Crippen LogP contribution >= 0.6 is 0 Å². The van der Waals surface area contributed by atoms with Crippen molar-refractivity contribution in [3.63, 3.8) is 0 Å². The molecule has 0 saturated carbocycles. The second-order valence-electron chi connectivity index (χ2n) is 1.05. The molecule has 0 atom stereocenters. The molecular formula is C5H5N. The summed E-state index contributed by atoms with van der Waals surface area (Å²) < 4.78 is 0. The predicted molar refractivity (Wildman–Crippen MR) is 24.2 cm³/mol. The maximum atomic E-state index is 2.93. The molecule has 1 heteroatoms. The molecule has 1 aliphatic heterocycles. The van der Waals surface area contributed by atoms with Crippen molar-refractivity contribution in [1.82, 2.24) is 5.32 Å². The van der Waals surface area contributed by atoms with Crippen molar-refractivity contribution in [2.75, 3.05) is 6.54 Å². The Kier molecular flexibility index (Phi) is 0.832. The average Bonchev–Trinajstić information content (AvgIpc) is 1.72. The van der Waals surface area contributed by atoms with Crippen LogP contribution in [-0.4, -0.2) is 6.54 Å². The Morgan fingerprint density at radius 1 is 1.50 bits per heavy atom. The van der Waals surface area contributed by atoms with E-state index in [9.17, 15) is 0 Å². The minimum atomic E-state index is 0.896. The van der Waals surface area contributed by atoms with Gasteiger partial charge in [-0.05, 0) is 6.08 Å². The SMILES string of the molecule is C1=C=CNCC=1. The van der Waals surface area contributed by atoms with Crippen molar-refractivity contribution in [2.45, 2.75) is 0 Å². The third-order valence-corrected chi connectivity index (χ3v) is 0.580. The number of nitrogens with one attached hydrogen (secondary N) is 1. The summed E-state index contributed by atoms with van der Waals surface area (Å²) in [5.74, 6) is 0. The Morgan fingerprint density at radius 3 is 2.67 bits per heavy atom. The van der Waals surface area contributed by atoms with E-state index in [-0.39, 0.29) is 0 Å². The molecule has 0 radical (unpaired) electrons. The van der Waals surface area contributed by atoms with Crippen LogP contribution in [0.5, 0.6) is 0 Å². The molecule has 0 spiro atoms. The van der Waals surface area contributed by atoms with Crippen LogP contribution in [0, 0.1) is 0 Å². The average molecular weight is 79.1 g/mol. The number of hydrogen-bond donors (Lipinski definition) is 1. The molecule has 1 aliphatic rings. The summed E-state index contributed by atoms with van der Waals surface area (Å²) in [5.41, 5.74) is 5.53. The summed E-state index contributed by atoms with van der Waals surface area (Å²) in [6, 6.07) is 0. The largest absolute Gasteiger partial charge is 0.380 e. The topological polar surface area (TPSA) is 12.0 Å². The van der Waals surface area contributed by atoms with Gasteiger partial charge in [-0.15, -0.1) is 0 Å². The van der Waals surface area contributed by atoms with Crippen LogP contribution in [0.4, 0.5) is 0 Å². The van der Waals surface area contributed by atoms with Crippen molar-refractivity contribution < 1.29 is 0 Å². The van der Waals surface area contributed by atoms with E-state index in [0.29, 0.717) is 0 Å². The highest BCUT2D eigenvalue weighted by Gasteiger charge is 1.69. The highest BCUT2D eigenvalue weighted by Crippen LogP contribution is 1.68. The quantitative estimate of drug-likeness (QED) is 0.415. The normalized spacial score (nSPS) is 14.7. The van der Waals surface area contributed by atoms with Gasteiger partial charge in [0.15, 0.2) is 0 Å². The Balaban J connectivity index is 2.88. The van der Waals surface area contributed by atoms with Gasteiger partial charge in [0.1, 0.15) is 0 Å². The molecule has 0 amide bonds. The molecule has 0 aromatic heterocycles. The van der Waals surface area contributed by atoms with E-state index in [2.05, 4.69) is 16.8 Å². The maximum absolute atomic E-state index is 2.93. The summed E-state index contributed by atoms with van der Waals surface area (Å²) in [4.78, 5) is 0. The van der Waals surface area contributed by atoms with Crippen LogP contribution in [0.2, 0.25) is 0 Å².